The number of ether oxygens (including phenoxy) is 1. The number of nitrogens with one attached hydrogen (secondary N) is 2. The van der Waals surface area contributed by atoms with E-state index in [0.29, 0.717) is 22.3 Å². The number of hydrogen-bond acceptors (Lipinski definition) is 6. The van der Waals surface area contributed by atoms with Crippen molar-refractivity contribution in [2.24, 2.45) is 0 Å². The molecule has 1 aromatic carbocycles. The van der Waals surface area contributed by atoms with Gasteiger partial charge in [-0.2, -0.15) is 0 Å². The Morgan fingerprint density at radius 2 is 2.09 bits per heavy atom. The van der Waals surface area contributed by atoms with Gasteiger partial charge in [-0.05, 0) is 18.1 Å². The van der Waals surface area contributed by atoms with Crippen LogP contribution in [-0.2, 0) is 0 Å². The molecule has 8 heteroatoms. The number of nitrogens with zero attached hydrogens (tertiary/aromatic N) is 2. The number of hydrazine groups is 1. The molecule has 23 heavy (non-hydrogen) atoms. The van der Waals surface area contributed by atoms with E-state index in [1.54, 1.807) is 6.07 Å². The van der Waals surface area contributed by atoms with Gasteiger partial charge in [0.15, 0.2) is 5.82 Å². The van der Waals surface area contributed by atoms with Crippen LogP contribution in [0.25, 0.3) is 0 Å². The van der Waals surface area contributed by atoms with Gasteiger partial charge in [0.05, 0.1) is 12.7 Å². The van der Waals surface area contributed by atoms with Crippen LogP contribution in [0.15, 0.2) is 24.5 Å². The summed E-state index contributed by atoms with van der Waals surface area (Å²) >= 11 is 6.06. The molecule has 122 valence electrons. The minimum Gasteiger partial charge on any atom is -0.507 e. The number of anilines is 1. The van der Waals surface area contributed by atoms with E-state index in [0.717, 1.165) is 0 Å². The molecule has 7 nitrogen and oxygen atoms in total. The molecule has 0 atom stereocenters. The van der Waals surface area contributed by atoms with Crippen LogP contribution >= 0.6 is 11.6 Å². The molecular weight excluding hydrogens is 320 g/mol. The minimum atomic E-state index is -0.519. The number of methoxy groups -OCH3 is 1. The maximum Gasteiger partial charge on any atom is 0.273 e. The lowest BCUT2D eigenvalue weighted by molar-refractivity contribution is 0.0959. The molecule has 2 aromatic rings. The van der Waals surface area contributed by atoms with Crippen LogP contribution < -0.4 is 15.6 Å². The standard InChI is InChI=1S/C15H17ClN4O3/c1-8(2)12-13(16)17-7-18-14(12)19-20-15(22)10-5-4-9(23-3)6-11(10)21/h4-8,21H,1-3H3,(H,20,22)(H,17,18,19). The summed E-state index contributed by atoms with van der Waals surface area (Å²) in [5.74, 6) is 0.221. The van der Waals surface area contributed by atoms with Gasteiger partial charge >= 0.3 is 0 Å². The summed E-state index contributed by atoms with van der Waals surface area (Å²) in [6.07, 6.45) is 1.30. The lowest BCUT2D eigenvalue weighted by Gasteiger charge is -2.15. The van der Waals surface area contributed by atoms with Gasteiger partial charge < -0.3 is 9.84 Å². The highest BCUT2D eigenvalue weighted by atomic mass is 35.5. The Balaban J connectivity index is 2.15. The number of benzene rings is 1. The average Bonchev–Trinajstić information content (AvgIpc) is 2.51. The molecule has 2 rings (SSSR count). The van der Waals surface area contributed by atoms with Crippen molar-refractivity contribution in [1.82, 2.24) is 15.4 Å². The highest BCUT2D eigenvalue weighted by molar-refractivity contribution is 6.30. The van der Waals surface area contributed by atoms with Gasteiger partial charge in [0.25, 0.3) is 5.91 Å². The van der Waals surface area contributed by atoms with E-state index in [1.165, 1.54) is 25.6 Å². The zero-order valence-corrected chi connectivity index (χ0v) is 13.7. The molecule has 0 saturated carbocycles. The summed E-state index contributed by atoms with van der Waals surface area (Å²) in [6.45, 7) is 3.87. The Morgan fingerprint density at radius 3 is 2.70 bits per heavy atom. The van der Waals surface area contributed by atoms with Crippen molar-refractivity contribution in [2.75, 3.05) is 12.5 Å². The summed E-state index contributed by atoms with van der Waals surface area (Å²) < 4.78 is 4.98. The molecule has 0 radical (unpaired) electrons. The van der Waals surface area contributed by atoms with Crippen LogP contribution in [-0.4, -0.2) is 28.1 Å². The third kappa shape index (κ3) is 3.81. The van der Waals surface area contributed by atoms with E-state index in [2.05, 4.69) is 20.8 Å². The second-order valence-corrected chi connectivity index (χ2v) is 5.40. The van der Waals surface area contributed by atoms with Crippen molar-refractivity contribution in [3.05, 3.63) is 40.8 Å². The van der Waals surface area contributed by atoms with Crippen LogP contribution in [0.3, 0.4) is 0 Å². The van der Waals surface area contributed by atoms with E-state index >= 15 is 0 Å². The van der Waals surface area contributed by atoms with Crippen molar-refractivity contribution in [3.8, 4) is 11.5 Å². The Hall–Kier alpha value is -2.54. The van der Waals surface area contributed by atoms with Crippen LogP contribution in [0.1, 0.15) is 35.7 Å². The lowest BCUT2D eigenvalue weighted by atomic mass is 10.1. The van der Waals surface area contributed by atoms with Crippen LogP contribution in [0, 0.1) is 0 Å². The quantitative estimate of drug-likeness (QED) is 0.574. The van der Waals surface area contributed by atoms with Crippen molar-refractivity contribution < 1.29 is 14.6 Å². The number of halogens is 1. The maximum absolute atomic E-state index is 12.2. The fourth-order valence-electron chi connectivity index (χ4n) is 2.00. The third-order valence-corrected chi connectivity index (χ3v) is 3.46. The van der Waals surface area contributed by atoms with Gasteiger partial charge in [-0.15, -0.1) is 0 Å². The summed E-state index contributed by atoms with van der Waals surface area (Å²) in [4.78, 5) is 20.2. The summed E-state index contributed by atoms with van der Waals surface area (Å²) in [5.41, 5.74) is 5.98. The third-order valence-electron chi connectivity index (χ3n) is 3.16. The molecule has 0 aliphatic rings. The normalized spacial score (nSPS) is 10.5. The minimum absolute atomic E-state index is 0.0671. The van der Waals surface area contributed by atoms with Crippen molar-refractivity contribution in [1.29, 1.82) is 0 Å². The highest BCUT2D eigenvalue weighted by Crippen LogP contribution is 2.27. The number of carbonyl (C=O) groups excluding carboxylic acids is 1. The van der Waals surface area contributed by atoms with E-state index in [-0.39, 0.29) is 17.2 Å². The summed E-state index contributed by atoms with van der Waals surface area (Å²) in [7, 11) is 1.47. The van der Waals surface area contributed by atoms with Crippen molar-refractivity contribution in [2.45, 2.75) is 19.8 Å². The van der Waals surface area contributed by atoms with Crippen LogP contribution in [0.4, 0.5) is 5.82 Å². The van der Waals surface area contributed by atoms with Gasteiger partial charge in [0.2, 0.25) is 0 Å². The number of aromatic hydroxyl groups is 1. The largest absolute Gasteiger partial charge is 0.507 e. The number of phenols is 1. The fraction of sp³-hybridized carbons (Fsp3) is 0.267. The molecule has 1 aromatic heterocycles. The second-order valence-electron chi connectivity index (χ2n) is 5.04. The molecule has 0 aliphatic heterocycles. The predicted molar refractivity (Wildman–Crippen MR) is 86.9 cm³/mol. The number of hydrogen-bond donors (Lipinski definition) is 3. The molecule has 1 amide bonds. The van der Waals surface area contributed by atoms with Gasteiger partial charge in [0.1, 0.15) is 23.0 Å². The van der Waals surface area contributed by atoms with Gasteiger partial charge in [-0.25, -0.2) is 9.97 Å². The molecule has 3 N–H and O–H groups in total. The molecule has 0 fully saturated rings. The predicted octanol–water partition coefficient (Wildman–Crippen LogP) is 2.72. The highest BCUT2D eigenvalue weighted by Gasteiger charge is 2.16. The van der Waals surface area contributed by atoms with E-state index in [9.17, 15) is 9.90 Å². The average molecular weight is 337 g/mol. The molecule has 1 heterocycles. The second kappa shape index (κ2) is 7.15. The Morgan fingerprint density at radius 1 is 1.35 bits per heavy atom. The van der Waals surface area contributed by atoms with E-state index < -0.39 is 5.91 Å². The zero-order chi connectivity index (χ0) is 17.0. The molecule has 0 aliphatic carbocycles. The molecule has 0 bridgehead atoms. The SMILES string of the molecule is COc1ccc(C(=O)NNc2ncnc(Cl)c2C(C)C)c(O)c1. The monoisotopic (exact) mass is 336 g/mol. The molecule has 0 saturated heterocycles. The van der Waals surface area contributed by atoms with Crippen molar-refractivity contribution >= 4 is 23.3 Å². The number of amides is 1. The van der Waals surface area contributed by atoms with Gasteiger partial charge in [-0.3, -0.25) is 15.6 Å². The Kier molecular flexibility index (Phi) is 5.23. The Labute approximate surface area is 138 Å². The van der Waals surface area contributed by atoms with Gasteiger partial charge in [0, 0.05) is 11.6 Å². The number of aromatic nitrogens is 2. The van der Waals surface area contributed by atoms with Crippen LogP contribution in [0.5, 0.6) is 11.5 Å². The zero-order valence-electron chi connectivity index (χ0n) is 12.9. The smallest absolute Gasteiger partial charge is 0.273 e. The molecular formula is C15H17ClN4O3. The first-order chi connectivity index (χ1) is 10.9. The van der Waals surface area contributed by atoms with E-state index in [4.69, 9.17) is 16.3 Å². The first-order valence-corrected chi connectivity index (χ1v) is 7.25. The topological polar surface area (TPSA) is 96.4 Å². The summed E-state index contributed by atoms with van der Waals surface area (Å²) in [5, 5.41) is 10.2. The van der Waals surface area contributed by atoms with Crippen molar-refractivity contribution in [3.63, 3.8) is 0 Å². The maximum atomic E-state index is 12.2. The van der Waals surface area contributed by atoms with E-state index in [1.807, 2.05) is 13.8 Å². The number of rotatable bonds is 5. The molecule has 0 unspecified atom stereocenters. The lowest BCUT2D eigenvalue weighted by Crippen LogP contribution is -2.30. The summed E-state index contributed by atoms with van der Waals surface area (Å²) in [6, 6.07) is 4.40. The van der Waals surface area contributed by atoms with Gasteiger partial charge in [-0.1, -0.05) is 25.4 Å². The Bertz CT molecular complexity index is 722. The fourth-order valence-corrected chi connectivity index (χ4v) is 2.35. The first-order valence-electron chi connectivity index (χ1n) is 6.87. The number of carbonyl (C=O) groups is 1. The molecule has 0 spiro atoms. The van der Waals surface area contributed by atoms with Crippen LogP contribution in [0.2, 0.25) is 5.15 Å². The first kappa shape index (κ1) is 16.8. The number of phenolic OH excluding ortho intramolecular Hbond substituents is 1.